The summed E-state index contributed by atoms with van der Waals surface area (Å²) in [4.78, 5) is 0. The van der Waals surface area contributed by atoms with Crippen molar-refractivity contribution < 1.29 is 9.50 Å². The van der Waals surface area contributed by atoms with Gasteiger partial charge in [0.1, 0.15) is 5.82 Å². The number of hydrogen-bond donors (Lipinski definition) is 2. The van der Waals surface area contributed by atoms with Gasteiger partial charge < -0.3 is 10.8 Å². The minimum Gasteiger partial charge on any atom is -0.391 e. The topological polar surface area (TPSA) is 46.2 Å². The first-order chi connectivity index (χ1) is 7.90. The molecule has 0 aromatic heterocycles. The molecule has 0 heterocycles. The van der Waals surface area contributed by atoms with E-state index in [1.807, 2.05) is 13.8 Å². The monoisotopic (exact) mass is 279 g/mol. The lowest BCUT2D eigenvalue weighted by Crippen LogP contribution is -2.32. The van der Waals surface area contributed by atoms with Crippen LogP contribution in [0.4, 0.5) is 4.39 Å². The van der Waals surface area contributed by atoms with Crippen molar-refractivity contribution in [2.24, 2.45) is 11.7 Å². The number of halogens is 3. The largest absolute Gasteiger partial charge is 0.391 e. The fourth-order valence-electron chi connectivity index (χ4n) is 1.61. The second kappa shape index (κ2) is 6.01. The SMILES string of the molecule is CCC(C)[C@H](O)[C@H](N)c1c(F)ccc(Cl)c1Cl. The van der Waals surface area contributed by atoms with Gasteiger partial charge in [-0.2, -0.15) is 0 Å². The number of rotatable bonds is 4. The number of aliphatic hydroxyl groups is 1. The van der Waals surface area contributed by atoms with Gasteiger partial charge in [0.2, 0.25) is 0 Å². The van der Waals surface area contributed by atoms with Gasteiger partial charge in [0.05, 0.1) is 22.2 Å². The summed E-state index contributed by atoms with van der Waals surface area (Å²) in [5.74, 6) is -0.589. The Kier molecular flexibility index (Phi) is 5.20. The molecule has 0 saturated carbocycles. The second-order valence-corrected chi connectivity index (χ2v) is 4.94. The van der Waals surface area contributed by atoms with E-state index in [1.54, 1.807) is 0 Å². The molecular weight excluding hydrogens is 264 g/mol. The Morgan fingerprint density at radius 2 is 2.00 bits per heavy atom. The normalized spacial score (nSPS) is 16.6. The summed E-state index contributed by atoms with van der Waals surface area (Å²) >= 11 is 11.7. The summed E-state index contributed by atoms with van der Waals surface area (Å²) in [7, 11) is 0. The highest BCUT2D eigenvalue weighted by atomic mass is 35.5. The van der Waals surface area contributed by atoms with Crippen LogP contribution in [-0.4, -0.2) is 11.2 Å². The molecular formula is C12H16Cl2FNO. The molecule has 5 heteroatoms. The van der Waals surface area contributed by atoms with Gasteiger partial charge in [-0.15, -0.1) is 0 Å². The Balaban J connectivity index is 3.11. The molecule has 0 saturated heterocycles. The van der Waals surface area contributed by atoms with E-state index in [4.69, 9.17) is 28.9 Å². The maximum absolute atomic E-state index is 13.7. The van der Waals surface area contributed by atoms with Gasteiger partial charge in [-0.25, -0.2) is 4.39 Å². The minimum absolute atomic E-state index is 0.0422. The lowest BCUT2D eigenvalue weighted by atomic mass is 9.91. The zero-order valence-electron chi connectivity index (χ0n) is 9.75. The second-order valence-electron chi connectivity index (χ2n) is 4.16. The fraction of sp³-hybridized carbons (Fsp3) is 0.500. The van der Waals surface area contributed by atoms with Crippen LogP contribution in [0.25, 0.3) is 0 Å². The summed E-state index contributed by atoms with van der Waals surface area (Å²) in [5.41, 5.74) is 5.93. The van der Waals surface area contributed by atoms with Crippen LogP contribution < -0.4 is 5.73 Å². The third-order valence-electron chi connectivity index (χ3n) is 3.01. The Labute approximate surface area is 111 Å². The van der Waals surface area contributed by atoms with Crippen molar-refractivity contribution in [3.8, 4) is 0 Å². The van der Waals surface area contributed by atoms with E-state index < -0.39 is 18.0 Å². The summed E-state index contributed by atoms with van der Waals surface area (Å²) in [5, 5.41) is 10.3. The Morgan fingerprint density at radius 1 is 1.41 bits per heavy atom. The van der Waals surface area contributed by atoms with Crippen molar-refractivity contribution in [2.45, 2.75) is 32.4 Å². The van der Waals surface area contributed by atoms with E-state index in [2.05, 4.69) is 0 Å². The van der Waals surface area contributed by atoms with Gasteiger partial charge in [0.15, 0.2) is 0 Å². The summed E-state index contributed by atoms with van der Waals surface area (Å²) in [6, 6.07) is 1.69. The summed E-state index contributed by atoms with van der Waals surface area (Å²) in [6.07, 6.45) is -0.111. The zero-order valence-corrected chi connectivity index (χ0v) is 11.3. The fourth-order valence-corrected chi connectivity index (χ4v) is 2.06. The van der Waals surface area contributed by atoms with Crippen LogP contribution in [0.3, 0.4) is 0 Å². The highest BCUT2D eigenvalue weighted by Gasteiger charge is 2.27. The van der Waals surface area contributed by atoms with Gasteiger partial charge in [0.25, 0.3) is 0 Å². The first-order valence-corrected chi connectivity index (χ1v) is 6.22. The van der Waals surface area contributed by atoms with Crippen LogP contribution in [0.5, 0.6) is 0 Å². The molecule has 1 unspecified atom stereocenters. The van der Waals surface area contributed by atoms with Gasteiger partial charge in [-0.05, 0) is 18.1 Å². The van der Waals surface area contributed by atoms with Gasteiger partial charge >= 0.3 is 0 Å². The van der Waals surface area contributed by atoms with Crippen LogP contribution in [0.15, 0.2) is 12.1 Å². The molecule has 2 nitrogen and oxygen atoms in total. The van der Waals surface area contributed by atoms with Gasteiger partial charge in [0, 0.05) is 5.56 Å². The zero-order chi connectivity index (χ0) is 13.2. The van der Waals surface area contributed by atoms with Crippen molar-refractivity contribution in [1.82, 2.24) is 0 Å². The molecule has 0 spiro atoms. The van der Waals surface area contributed by atoms with Crippen LogP contribution in [0.1, 0.15) is 31.9 Å². The average molecular weight is 280 g/mol. The first-order valence-electron chi connectivity index (χ1n) is 5.47. The molecule has 1 rings (SSSR count). The summed E-state index contributed by atoms with van der Waals surface area (Å²) in [6.45, 7) is 3.78. The predicted octanol–water partition coefficient (Wildman–Crippen LogP) is 3.54. The van der Waals surface area contributed by atoms with E-state index in [0.717, 1.165) is 6.42 Å². The van der Waals surface area contributed by atoms with E-state index in [9.17, 15) is 9.50 Å². The molecule has 0 radical (unpaired) electrons. The van der Waals surface area contributed by atoms with Crippen LogP contribution in [-0.2, 0) is 0 Å². The van der Waals surface area contributed by atoms with Crippen LogP contribution >= 0.6 is 23.2 Å². The van der Waals surface area contributed by atoms with Crippen molar-refractivity contribution in [3.63, 3.8) is 0 Å². The first kappa shape index (κ1) is 14.7. The van der Waals surface area contributed by atoms with Crippen molar-refractivity contribution in [3.05, 3.63) is 33.6 Å². The van der Waals surface area contributed by atoms with E-state index in [0.29, 0.717) is 0 Å². The average Bonchev–Trinajstić information content (AvgIpc) is 2.32. The quantitative estimate of drug-likeness (QED) is 0.829. The standard InChI is InChI=1S/C12H16Cl2FNO/c1-3-6(2)12(17)11(16)9-8(15)5-4-7(13)10(9)14/h4-6,11-12,17H,3,16H2,1-2H3/t6?,11-,12+/m1/s1. The lowest BCUT2D eigenvalue weighted by molar-refractivity contribution is 0.0868. The number of benzene rings is 1. The smallest absolute Gasteiger partial charge is 0.129 e. The lowest BCUT2D eigenvalue weighted by Gasteiger charge is -2.25. The van der Waals surface area contributed by atoms with Gasteiger partial charge in [-0.1, -0.05) is 43.5 Å². The molecule has 0 aliphatic carbocycles. The van der Waals surface area contributed by atoms with E-state index in [-0.39, 0.29) is 21.5 Å². The molecule has 0 aliphatic heterocycles. The molecule has 0 fully saturated rings. The molecule has 0 aliphatic rings. The van der Waals surface area contributed by atoms with E-state index >= 15 is 0 Å². The third-order valence-corrected chi connectivity index (χ3v) is 3.83. The number of hydrogen-bond acceptors (Lipinski definition) is 2. The molecule has 0 amide bonds. The molecule has 3 N–H and O–H groups in total. The van der Waals surface area contributed by atoms with Crippen LogP contribution in [0, 0.1) is 11.7 Å². The van der Waals surface area contributed by atoms with Crippen LogP contribution in [0.2, 0.25) is 10.0 Å². The third kappa shape index (κ3) is 3.10. The maximum atomic E-state index is 13.7. The minimum atomic E-state index is -0.879. The number of nitrogens with two attached hydrogens (primary N) is 1. The van der Waals surface area contributed by atoms with Gasteiger partial charge in [-0.3, -0.25) is 0 Å². The van der Waals surface area contributed by atoms with E-state index in [1.165, 1.54) is 12.1 Å². The molecule has 1 aromatic rings. The highest BCUT2D eigenvalue weighted by molar-refractivity contribution is 6.42. The van der Waals surface area contributed by atoms with Crippen molar-refractivity contribution in [1.29, 1.82) is 0 Å². The molecule has 17 heavy (non-hydrogen) atoms. The predicted molar refractivity (Wildman–Crippen MR) is 68.8 cm³/mol. The Morgan fingerprint density at radius 3 is 2.53 bits per heavy atom. The van der Waals surface area contributed by atoms with Crippen molar-refractivity contribution in [2.75, 3.05) is 0 Å². The highest BCUT2D eigenvalue weighted by Crippen LogP contribution is 2.34. The Hall–Kier alpha value is -0.350. The van der Waals surface area contributed by atoms with Crippen molar-refractivity contribution >= 4 is 23.2 Å². The molecule has 3 atom stereocenters. The summed E-state index contributed by atoms with van der Waals surface area (Å²) < 4.78 is 13.7. The maximum Gasteiger partial charge on any atom is 0.129 e. The number of aliphatic hydroxyl groups excluding tert-OH is 1. The molecule has 96 valence electrons. The molecule has 1 aromatic carbocycles. The Bertz CT molecular complexity index is 400. The molecule has 0 bridgehead atoms.